The van der Waals surface area contributed by atoms with Gasteiger partial charge in [0.15, 0.2) is 11.5 Å². The molecule has 0 unspecified atom stereocenters. The van der Waals surface area contributed by atoms with Crippen molar-refractivity contribution in [2.75, 3.05) is 11.9 Å². The van der Waals surface area contributed by atoms with Crippen LogP contribution in [0.15, 0.2) is 18.5 Å². The lowest BCUT2D eigenvalue weighted by atomic mass is 10.3. The topological polar surface area (TPSA) is 106 Å². The van der Waals surface area contributed by atoms with Gasteiger partial charge in [-0.1, -0.05) is 0 Å². The molecule has 2 heterocycles. The number of nitrogens with one attached hydrogen (secondary N) is 1. The van der Waals surface area contributed by atoms with Crippen LogP contribution in [-0.2, 0) is 13.5 Å². The summed E-state index contributed by atoms with van der Waals surface area (Å²) >= 11 is 0. The maximum atomic E-state index is 10.6. The van der Waals surface area contributed by atoms with Crippen molar-refractivity contribution in [2.24, 2.45) is 7.05 Å². The summed E-state index contributed by atoms with van der Waals surface area (Å²) in [5.41, 5.74) is -0.0769. The van der Waals surface area contributed by atoms with E-state index in [4.69, 9.17) is 5.11 Å². The van der Waals surface area contributed by atoms with Gasteiger partial charge in [0.05, 0.1) is 0 Å². The van der Waals surface area contributed by atoms with E-state index >= 15 is 0 Å². The van der Waals surface area contributed by atoms with Crippen LogP contribution >= 0.6 is 0 Å². The highest BCUT2D eigenvalue weighted by atomic mass is 16.4. The third-order valence-electron chi connectivity index (χ3n) is 2.19. The molecule has 0 spiro atoms. The number of rotatable bonds is 5. The molecule has 0 bridgehead atoms. The molecular formula is C10H12N6O2. The highest BCUT2D eigenvalue weighted by Crippen LogP contribution is 2.02. The van der Waals surface area contributed by atoms with Crippen molar-refractivity contribution in [1.29, 1.82) is 0 Å². The molecule has 8 nitrogen and oxygen atoms in total. The van der Waals surface area contributed by atoms with Gasteiger partial charge in [0, 0.05) is 20.0 Å². The van der Waals surface area contributed by atoms with Crippen molar-refractivity contribution in [3.05, 3.63) is 30.0 Å². The molecule has 0 amide bonds. The van der Waals surface area contributed by atoms with Crippen LogP contribution in [0.2, 0.25) is 0 Å². The van der Waals surface area contributed by atoms with E-state index in [1.54, 1.807) is 24.1 Å². The number of hydrogen-bond acceptors (Lipinski definition) is 6. The van der Waals surface area contributed by atoms with Crippen molar-refractivity contribution in [2.45, 2.75) is 6.42 Å². The second-order valence-corrected chi connectivity index (χ2v) is 3.62. The van der Waals surface area contributed by atoms with Crippen LogP contribution in [0, 0.1) is 0 Å². The van der Waals surface area contributed by atoms with Gasteiger partial charge in [-0.05, 0) is 12.1 Å². The molecule has 0 aliphatic heterocycles. The Bertz CT molecular complexity index is 536. The van der Waals surface area contributed by atoms with Gasteiger partial charge in [0.2, 0.25) is 0 Å². The Morgan fingerprint density at radius 3 is 2.83 bits per heavy atom. The maximum absolute atomic E-state index is 10.6. The summed E-state index contributed by atoms with van der Waals surface area (Å²) in [7, 11) is 1.81. The number of carboxylic acids is 1. The molecule has 0 atom stereocenters. The summed E-state index contributed by atoms with van der Waals surface area (Å²) in [5, 5.41) is 23.1. The number of nitrogens with zero attached hydrogens (tertiary/aromatic N) is 5. The number of aryl methyl sites for hydroxylation is 1. The van der Waals surface area contributed by atoms with E-state index in [0.717, 1.165) is 5.82 Å². The fraction of sp³-hybridized carbons (Fsp3) is 0.300. The second-order valence-electron chi connectivity index (χ2n) is 3.62. The molecule has 0 aromatic carbocycles. The molecule has 94 valence electrons. The third kappa shape index (κ3) is 3.00. The molecule has 0 aliphatic rings. The summed E-state index contributed by atoms with van der Waals surface area (Å²) in [4.78, 5) is 14.7. The van der Waals surface area contributed by atoms with Crippen LogP contribution in [0.3, 0.4) is 0 Å². The fourth-order valence-electron chi connectivity index (χ4n) is 1.34. The Hall–Kier alpha value is -2.51. The summed E-state index contributed by atoms with van der Waals surface area (Å²) in [6.07, 6.45) is 2.29. The highest BCUT2D eigenvalue weighted by molar-refractivity contribution is 5.85. The van der Waals surface area contributed by atoms with Crippen LogP contribution in [0.25, 0.3) is 0 Å². The molecule has 8 heteroatoms. The first-order valence-electron chi connectivity index (χ1n) is 5.30. The van der Waals surface area contributed by atoms with Gasteiger partial charge < -0.3 is 10.4 Å². The van der Waals surface area contributed by atoms with Crippen molar-refractivity contribution in [3.63, 3.8) is 0 Å². The standard InChI is InChI=1S/C10H12N6O2/c1-16-6-12-9(15-16)4-5-11-8-3-2-7(10(17)18)13-14-8/h2-3,6H,4-5H2,1H3,(H,11,14)(H,17,18). The maximum Gasteiger partial charge on any atom is 0.356 e. The van der Waals surface area contributed by atoms with E-state index in [-0.39, 0.29) is 5.69 Å². The zero-order valence-corrected chi connectivity index (χ0v) is 9.74. The zero-order valence-electron chi connectivity index (χ0n) is 9.74. The van der Waals surface area contributed by atoms with Crippen LogP contribution in [-0.4, -0.2) is 42.6 Å². The molecule has 0 fully saturated rings. The van der Waals surface area contributed by atoms with Crippen LogP contribution in [0.4, 0.5) is 5.82 Å². The van der Waals surface area contributed by atoms with Gasteiger partial charge in [-0.25, -0.2) is 9.78 Å². The smallest absolute Gasteiger partial charge is 0.356 e. The quantitative estimate of drug-likeness (QED) is 0.764. The summed E-state index contributed by atoms with van der Waals surface area (Å²) < 4.78 is 1.64. The van der Waals surface area contributed by atoms with Gasteiger partial charge in [-0.2, -0.15) is 5.10 Å². The van der Waals surface area contributed by atoms with Crippen molar-refractivity contribution < 1.29 is 9.90 Å². The molecular weight excluding hydrogens is 236 g/mol. The highest BCUT2D eigenvalue weighted by Gasteiger charge is 2.05. The van der Waals surface area contributed by atoms with Gasteiger partial charge >= 0.3 is 5.97 Å². The second kappa shape index (κ2) is 5.21. The molecule has 0 saturated carbocycles. The van der Waals surface area contributed by atoms with Gasteiger partial charge in [0.25, 0.3) is 0 Å². The lowest BCUT2D eigenvalue weighted by molar-refractivity contribution is 0.0689. The van der Waals surface area contributed by atoms with Gasteiger partial charge in [-0.15, -0.1) is 10.2 Å². The normalized spacial score (nSPS) is 10.3. The number of carboxylic acid groups (broad SMARTS) is 1. The predicted molar refractivity (Wildman–Crippen MR) is 62.2 cm³/mol. The average molecular weight is 248 g/mol. The van der Waals surface area contributed by atoms with Crippen molar-refractivity contribution >= 4 is 11.8 Å². The monoisotopic (exact) mass is 248 g/mol. The van der Waals surface area contributed by atoms with E-state index < -0.39 is 5.97 Å². The molecule has 0 aliphatic carbocycles. The summed E-state index contributed by atoms with van der Waals surface area (Å²) in [6.45, 7) is 0.602. The van der Waals surface area contributed by atoms with E-state index in [1.165, 1.54) is 6.07 Å². The molecule has 2 rings (SSSR count). The first-order valence-corrected chi connectivity index (χ1v) is 5.30. The summed E-state index contributed by atoms with van der Waals surface area (Å²) in [5.74, 6) is 0.169. The third-order valence-corrected chi connectivity index (χ3v) is 2.19. The number of aromatic carboxylic acids is 1. The Morgan fingerprint density at radius 2 is 2.28 bits per heavy atom. The van der Waals surface area contributed by atoms with Crippen molar-refractivity contribution in [1.82, 2.24) is 25.0 Å². The minimum Gasteiger partial charge on any atom is -0.476 e. The fourth-order valence-corrected chi connectivity index (χ4v) is 1.34. The largest absolute Gasteiger partial charge is 0.476 e. The van der Waals surface area contributed by atoms with Crippen LogP contribution < -0.4 is 5.32 Å². The van der Waals surface area contributed by atoms with E-state index in [2.05, 4.69) is 25.6 Å². The lowest BCUT2D eigenvalue weighted by Gasteiger charge is -2.02. The molecule has 2 aromatic heterocycles. The molecule has 18 heavy (non-hydrogen) atoms. The Kier molecular flexibility index (Phi) is 3.46. The minimum absolute atomic E-state index is 0.0769. The number of anilines is 1. The molecule has 2 N–H and O–H groups in total. The average Bonchev–Trinajstić information content (AvgIpc) is 2.76. The van der Waals surface area contributed by atoms with Gasteiger partial charge in [0.1, 0.15) is 12.1 Å². The summed E-state index contributed by atoms with van der Waals surface area (Å²) in [6, 6.07) is 2.97. The van der Waals surface area contributed by atoms with Gasteiger partial charge in [-0.3, -0.25) is 4.68 Å². The zero-order chi connectivity index (χ0) is 13.0. The SMILES string of the molecule is Cn1cnc(CCNc2ccc(C(=O)O)nn2)n1. The first-order chi connectivity index (χ1) is 8.65. The minimum atomic E-state index is -1.09. The number of carbonyl (C=O) groups is 1. The van der Waals surface area contributed by atoms with E-state index in [9.17, 15) is 4.79 Å². The Morgan fingerprint density at radius 1 is 1.44 bits per heavy atom. The number of hydrogen-bond donors (Lipinski definition) is 2. The predicted octanol–water partition coefficient (Wildman–Crippen LogP) is -0.0421. The molecule has 0 radical (unpaired) electrons. The van der Waals surface area contributed by atoms with E-state index in [0.29, 0.717) is 18.8 Å². The Labute approximate surface area is 103 Å². The van der Waals surface area contributed by atoms with Crippen LogP contribution in [0.5, 0.6) is 0 Å². The molecule has 2 aromatic rings. The van der Waals surface area contributed by atoms with Crippen LogP contribution in [0.1, 0.15) is 16.3 Å². The molecule has 0 saturated heterocycles. The number of aromatic nitrogens is 5. The van der Waals surface area contributed by atoms with Crippen molar-refractivity contribution in [3.8, 4) is 0 Å². The van der Waals surface area contributed by atoms with E-state index in [1.807, 2.05) is 0 Å². The Balaban J connectivity index is 1.85. The lowest BCUT2D eigenvalue weighted by Crippen LogP contribution is -2.09. The first kappa shape index (κ1) is 12.0.